The largest absolute Gasteiger partial charge is 0.495 e. The lowest BCUT2D eigenvalue weighted by atomic mass is 9.91. The van der Waals surface area contributed by atoms with E-state index in [1.165, 1.54) is 7.11 Å². The Bertz CT molecular complexity index is 1330. The number of hydrogen-bond donors (Lipinski definition) is 3. The van der Waals surface area contributed by atoms with Crippen LogP contribution in [-0.4, -0.2) is 27.9 Å². The van der Waals surface area contributed by atoms with Crippen LogP contribution in [0.4, 0.5) is 23.0 Å². The summed E-state index contributed by atoms with van der Waals surface area (Å²) in [6.07, 6.45) is 1.16. The summed E-state index contributed by atoms with van der Waals surface area (Å²) in [4.78, 5) is 32.7. The summed E-state index contributed by atoms with van der Waals surface area (Å²) in [5, 5.41) is 14.9. The van der Waals surface area contributed by atoms with Gasteiger partial charge in [-0.25, -0.2) is 9.97 Å². The molecule has 0 aliphatic carbocycles. The first-order chi connectivity index (χ1) is 17.5. The number of ether oxygens (including phenoxy) is 1. The number of benzene rings is 3. The Balaban J connectivity index is 1.62. The number of carbonyl (C=O) groups excluding carboxylic acids is 1. The van der Waals surface area contributed by atoms with Crippen molar-refractivity contribution in [3.63, 3.8) is 0 Å². The molecule has 0 radical (unpaired) electrons. The Morgan fingerprint density at radius 3 is 2.14 bits per heavy atom. The van der Waals surface area contributed by atoms with E-state index in [-0.39, 0.29) is 11.6 Å². The number of rotatable bonds is 9. The van der Waals surface area contributed by atoms with Crippen LogP contribution in [0, 0.1) is 17.0 Å². The quantitative estimate of drug-likeness (QED) is 0.230. The zero-order valence-corrected chi connectivity index (χ0v) is 19.6. The second-order valence-electron chi connectivity index (χ2n) is 7.87. The van der Waals surface area contributed by atoms with Crippen LogP contribution in [0.5, 0.6) is 5.75 Å². The van der Waals surface area contributed by atoms with E-state index in [1.54, 1.807) is 12.1 Å². The molecule has 0 unspecified atom stereocenters. The molecular weight excluding hydrogens is 460 g/mol. The second-order valence-corrected chi connectivity index (χ2v) is 7.87. The minimum absolute atomic E-state index is 0.0571. The molecule has 0 aliphatic rings. The summed E-state index contributed by atoms with van der Waals surface area (Å²) in [6.45, 7) is 1.89. The lowest BCUT2D eigenvalue weighted by Gasteiger charge is -2.18. The maximum absolute atomic E-state index is 13.3. The summed E-state index contributed by atoms with van der Waals surface area (Å²) in [5.41, 5.74) is 7.73. The molecule has 0 aliphatic heterocycles. The summed E-state index contributed by atoms with van der Waals surface area (Å²) >= 11 is 0. The standard InChI is InChI=1S/C26H24N6O4/c1-17-13-14-21(36-2)20(15-17)29-24-23(32(34)35)25(28-16-27-24)30-31-26(33)22(18-9-5-3-6-10-18)19-11-7-4-8-12-19/h3-16,22H,1-2H3,(H,31,33)(H2,27,28,29,30). The number of methoxy groups -OCH3 is 1. The van der Waals surface area contributed by atoms with Gasteiger partial charge in [0.2, 0.25) is 17.5 Å². The van der Waals surface area contributed by atoms with Gasteiger partial charge in [-0.3, -0.25) is 25.8 Å². The van der Waals surface area contributed by atoms with Crippen molar-refractivity contribution in [2.75, 3.05) is 17.9 Å². The van der Waals surface area contributed by atoms with Crippen LogP contribution in [0.25, 0.3) is 0 Å². The number of nitro groups is 1. The zero-order valence-electron chi connectivity index (χ0n) is 19.6. The molecule has 0 bridgehead atoms. The number of nitrogens with zero attached hydrogens (tertiary/aromatic N) is 3. The van der Waals surface area contributed by atoms with Gasteiger partial charge in [0.05, 0.1) is 23.6 Å². The third-order valence-electron chi connectivity index (χ3n) is 5.45. The predicted molar refractivity (Wildman–Crippen MR) is 136 cm³/mol. The minimum Gasteiger partial charge on any atom is -0.495 e. The summed E-state index contributed by atoms with van der Waals surface area (Å²) in [5.74, 6) is -0.786. The van der Waals surface area contributed by atoms with Gasteiger partial charge in [0, 0.05) is 0 Å². The number of hydrazine groups is 1. The van der Waals surface area contributed by atoms with Gasteiger partial charge in [0.25, 0.3) is 0 Å². The molecule has 1 aromatic heterocycles. The van der Waals surface area contributed by atoms with Crippen molar-refractivity contribution < 1.29 is 14.5 Å². The highest BCUT2D eigenvalue weighted by Crippen LogP contribution is 2.34. The maximum atomic E-state index is 13.3. The molecule has 36 heavy (non-hydrogen) atoms. The van der Waals surface area contributed by atoms with Crippen LogP contribution < -0.4 is 20.9 Å². The summed E-state index contributed by atoms with van der Waals surface area (Å²) in [6, 6.07) is 23.9. The first-order valence-corrected chi connectivity index (χ1v) is 11.0. The number of aryl methyl sites for hydroxylation is 1. The van der Waals surface area contributed by atoms with E-state index in [9.17, 15) is 14.9 Å². The fourth-order valence-electron chi connectivity index (χ4n) is 3.76. The van der Waals surface area contributed by atoms with Crippen molar-refractivity contribution in [2.24, 2.45) is 0 Å². The fraction of sp³-hybridized carbons (Fsp3) is 0.115. The molecule has 0 saturated heterocycles. The predicted octanol–water partition coefficient (Wildman–Crippen LogP) is 4.72. The first kappa shape index (κ1) is 24.1. The van der Waals surface area contributed by atoms with Gasteiger partial charge in [-0.05, 0) is 35.7 Å². The van der Waals surface area contributed by atoms with Gasteiger partial charge in [0.15, 0.2) is 0 Å². The molecule has 0 spiro atoms. The molecule has 1 amide bonds. The third kappa shape index (κ3) is 5.39. The average molecular weight is 485 g/mol. The molecule has 3 N–H and O–H groups in total. The fourth-order valence-corrected chi connectivity index (χ4v) is 3.76. The maximum Gasteiger partial charge on any atom is 0.355 e. The van der Waals surface area contributed by atoms with Crippen LogP contribution in [0.15, 0.2) is 85.2 Å². The van der Waals surface area contributed by atoms with Crippen molar-refractivity contribution in [1.82, 2.24) is 15.4 Å². The van der Waals surface area contributed by atoms with E-state index in [1.807, 2.05) is 73.7 Å². The van der Waals surface area contributed by atoms with Gasteiger partial charge in [0.1, 0.15) is 12.1 Å². The van der Waals surface area contributed by atoms with Gasteiger partial charge in [-0.2, -0.15) is 0 Å². The number of anilines is 3. The van der Waals surface area contributed by atoms with Crippen LogP contribution >= 0.6 is 0 Å². The van der Waals surface area contributed by atoms with Gasteiger partial charge >= 0.3 is 5.69 Å². The van der Waals surface area contributed by atoms with E-state index in [0.717, 1.165) is 23.0 Å². The lowest BCUT2D eigenvalue weighted by Crippen LogP contribution is -2.35. The molecule has 3 aromatic carbocycles. The van der Waals surface area contributed by atoms with E-state index in [2.05, 4.69) is 26.1 Å². The Morgan fingerprint density at radius 1 is 0.944 bits per heavy atom. The molecular formula is C26H24N6O4. The average Bonchev–Trinajstić information content (AvgIpc) is 2.89. The van der Waals surface area contributed by atoms with Gasteiger partial charge in [-0.1, -0.05) is 66.7 Å². The van der Waals surface area contributed by atoms with Crippen LogP contribution in [0.2, 0.25) is 0 Å². The van der Waals surface area contributed by atoms with E-state index in [0.29, 0.717) is 11.4 Å². The molecule has 0 atom stereocenters. The molecule has 4 rings (SSSR count). The molecule has 0 saturated carbocycles. The Kier molecular flexibility index (Phi) is 7.35. The van der Waals surface area contributed by atoms with Gasteiger partial charge < -0.3 is 10.1 Å². The first-order valence-electron chi connectivity index (χ1n) is 11.0. The summed E-state index contributed by atoms with van der Waals surface area (Å²) < 4.78 is 5.34. The number of hydrogen-bond acceptors (Lipinski definition) is 8. The number of carbonyl (C=O) groups is 1. The lowest BCUT2D eigenvalue weighted by molar-refractivity contribution is -0.383. The highest BCUT2D eigenvalue weighted by atomic mass is 16.6. The second kappa shape index (κ2) is 11.0. The van der Waals surface area contributed by atoms with E-state index >= 15 is 0 Å². The Labute approximate surface area is 207 Å². The van der Waals surface area contributed by atoms with Crippen LogP contribution in [0.1, 0.15) is 22.6 Å². The van der Waals surface area contributed by atoms with Crippen LogP contribution in [-0.2, 0) is 4.79 Å². The number of amides is 1. The van der Waals surface area contributed by atoms with Crippen molar-refractivity contribution in [3.05, 3.63) is 112 Å². The van der Waals surface area contributed by atoms with E-state index < -0.39 is 22.4 Å². The van der Waals surface area contributed by atoms with Crippen LogP contribution in [0.3, 0.4) is 0 Å². The smallest absolute Gasteiger partial charge is 0.355 e. The molecule has 4 aromatic rings. The van der Waals surface area contributed by atoms with Crippen molar-refractivity contribution in [2.45, 2.75) is 12.8 Å². The Morgan fingerprint density at radius 2 is 1.56 bits per heavy atom. The minimum atomic E-state index is -0.644. The van der Waals surface area contributed by atoms with Crippen molar-refractivity contribution in [1.29, 1.82) is 0 Å². The molecule has 10 heteroatoms. The van der Waals surface area contributed by atoms with E-state index in [4.69, 9.17) is 4.74 Å². The van der Waals surface area contributed by atoms with Crippen molar-refractivity contribution >= 4 is 28.9 Å². The monoisotopic (exact) mass is 484 g/mol. The number of aromatic nitrogens is 2. The zero-order chi connectivity index (χ0) is 25.5. The normalized spacial score (nSPS) is 10.5. The molecule has 0 fully saturated rings. The summed E-state index contributed by atoms with van der Waals surface area (Å²) in [7, 11) is 1.50. The highest BCUT2D eigenvalue weighted by molar-refractivity contribution is 5.88. The third-order valence-corrected chi connectivity index (χ3v) is 5.45. The molecule has 1 heterocycles. The molecule has 182 valence electrons. The topological polar surface area (TPSA) is 131 Å². The highest BCUT2D eigenvalue weighted by Gasteiger charge is 2.27. The number of nitrogens with one attached hydrogen (secondary N) is 3. The van der Waals surface area contributed by atoms with Gasteiger partial charge in [-0.15, -0.1) is 0 Å². The van der Waals surface area contributed by atoms with Crippen molar-refractivity contribution in [3.8, 4) is 5.75 Å². The SMILES string of the molecule is COc1ccc(C)cc1Nc1ncnc(NNC(=O)C(c2ccccc2)c2ccccc2)c1[N+](=O)[O-]. The molecule has 10 nitrogen and oxygen atoms in total. The Hall–Kier alpha value is -4.99.